The number of rotatable bonds is 4. The zero-order chi connectivity index (χ0) is 13.8. The van der Waals surface area contributed by atoms with E-state index in [1.165, 1.54) is 0 Å². The van der Waals surface area contributed by atoms with E-state index in [1.54, 1.807) is 7.11 Å². The Balaban J connectivity index is 2.36. The number of hydrogen-bond acceptors (Lipinski definition) is 3. The van der Waals surface area contributed by atoms with E-state index in [9.17, 15) is 0 Å². The number of hydrazine groups is 1. The molecule has 0 saturated carbocycles. The van der Waals surface area contributed by atoms with E-state index >= 15 is 0 Å². The number of methoxy groups -OCH3 is 1. The minimum Gasteiger partial charge on any atom is -0.496 e. The SMILES string of the molecule is COc1ccc(C(NN)c2ccc(Cl)cc2)cc1C. The van der Waals surface area contributed by atoms with Gasteiger partial charge < -0.3 is 4.74 Å². The van der Waals surface area contributed by atoms with Gasteiger partial charge in [-0.3, -0.25) is 5.84 Å². The van der Waals surface area contributed by atoms with Gasteiger partial charge in [0.25, 0.3) is 0 Å². The van der Waals surface area contributed by atoms with E-state index in [0.717, 1.165) is 22.4 Å². The van der Waals surface area contributed by atoms with Gasteiger partial charge in [0.1, 0.15) is 5.75 Å². The van der Waals surface area contributed by atoms with Crippen LogP contribution in [0.2, 0.25) is 5.02 Å². The second kappa shape index (κ2) is 6.06. The molecule has 0 aliphatic heterocycles. The molecule has 19 heavy (non-hydrogen) atoms. The first-order chi connectivity index (χ1) is 9.15. The van der Waals surface area contributed by atoms with Crippen LogP contribution in [0, 0.1) is 6.92 Å². The fourth-order valence-corrected chi connectivity index (χ4v) is 2.25. The van der Waals surface area contributed by atoms with E-state index in [-0.39, 0.29) is 6.04 Å². The minimum atomic E-state index is -0.0677. The Kier molecular flexibility index (Phi) is 4.43. The highest BCUT2D eigenvalue weighted by Gasteiger charge is 2.13. The average Bonchev–Trinajstić information content (AvgIpc) is 2.42. The molecule has 0 aliphatic carbocycles. The topological polar surface area (TPSA) is 47.3 Å². The van der Waals surface area contributed by atoms with Crippen molar-refractivity contribution in [1.29, 1.82) is 0 Å². The van der Waals surface area contributed by atoms with Crippen LogP contribution in [0.1, 0.15) is 22.7 Å². The third kappa shape index (κ3) is 3.07. The van der Waals surface area contributed by atoms with Crippen molar-refractivity contribution in [1.82, 2.24) is 5.43 Å². The largest absolute Gasteiger partial charge is 0.496 e. The van der Waals surface area contributed by atoms with Crippen LogP contribution in [0.4, 0.5) is 0 Å². The Labute approximate surface area is 118 Å². The molecule has 1 atom stereocenters. The maximum atomic E-state index is 5.90. The smallest absolute Gasteiger partial charge is 0.121 e. The van der Waals surface area contributed by atoms with Crippen molar-refractivity contribution in [2.24, 2.45) is 5.84 Å². The maximum Gasteiger partial charge on any atom is 0.121 e. The van der Waals surface area contributed by atoms with E-state index in [1.807, 2.05) is 43.3 Å². The van der Waals surface area contributed by atoms with Gasteiger partial charge in [0.05, 0.1) is 13.2 Å². The molecule has 1 unspecified atom stereocenters. The number of benzene rings is 2. The summed E-state index contributed by atoms with van der Waals surface area (Å²) in [6, 6.07) is 13.6. The van der Waals surface area contributed by atoms with E-state index in [2.05, 4.69) is 11.5 Å². The molecule has 0 radical (unpaired) electrons. The molecule has 0 heterocycles. The molecule has 0 spiro atoms. The highest BCUT2D eigenvalue weighted by molar-refractivity contribution is 6.30. The molecule has 0 aliphatic rings. The monoisotopic (exact) mass is 276 g/mol. The lowest BCUT2D eigenvalue weighted by Crippen LogP contribution is -2.28. The third-order valence-electron chi connectivity index (χ3n) is 3.12. The highest BCUT2D eigenvalue weighted by Crippen LogP contribution is 2.27. The second-order valence-electron chi connectivity index (χ2n) is 4.38. The Bertz CT molecular complexity index is 555. The summed E-state index contributed by atoms with van der Waals surface area (Å²) in [5.41, 5.74) is 6.07. The lowest BCUT2D eigenvalue weighted by molar-refractivity contribution is 0.411. The summed E-state index contributed by atoms with van der Waals surface area (Å²) in [6.07, 6.45) is 0. The number of halogens is 1. The highest BCUT2D eigenvalue weighted by atomic mass is 35.5. The standard InChI is InChI=1S/C15H17ClN2O/c1-10-9-12(5-8-14(10)19-2)15(18-17)11-3-6-13(16)7-4-11/h3-9,15,18H,17H2,1-2H3. The van der Waals surface area contributed by atoms with Crippen molar-refractivity contribution in [3.63, 3.8) is 0 Å². The Morgan fingerprint density at radius 3 is 2.26 bits per heavy atom. The van der Waals surface area contributed by atoms with Crippen molar-refractivity contribution < 1.29 is 4.74 Å². The van der Waals surface area contributed by atoms with Crippen LogP contribution in [-0.4, -0.2) is 7.11 Å². The predicted molar refractivity (Wildman–Crippen MR) is 78.3 cm³/mol. The zero-order valence-electron chi connectivity index (χ0n) is 11.0. The van der Waals surface area contributed by atoms with Crippen molar-refractivity contribution in [3.05, 3.63) is 64.2 Å². The van der Waals surface area contributed by atoms with Gasteiger partial charge in [-0.2, -0.15) is 0 Å². The van der Waals surface area contributed by atoms with Crippen LogP contribution in [0.3, 0.4) is 0 Å². The van der Waals surface area contributed by atoms with Crippen LogP contribution < -0.4 is 16.0 Å². The molecule has 3 N–H and O–H groups in total. The maximum absolute atomic E-state index is 5.90. The van der Waals surface area contributed by atoms with Gasteiger partial charge in [0.15, 0.2) is 0 Å². The normalized spacial score (nSPS) is 12.2. The van der Waals surface area contributed by atoms with Crippen molar-refractivity contribution in [3.8, 4) is 5.75 Å². The molecule has 2 aromatic carbocycles. The molecular weight excluding hydrogens is 260 g/mol. The van der Waals surface area contributed by atoms with E-state index in [0.29, 0.717) is 5.02 Å². The fourth-order valence-electron chi connectivity index (χ4n) is 2.12. The summed E-state index contributed by atoms with van der Waals surface area (Å²) >= 11 is 5.90. The predicted octanol–water partition coefficient (Wildman–Crippen LogP) is 3.21. The summed E-state index contributed by atoms with van der Waals surface area (Å²) < 4.78 is 5.27. The summed E-state index contributed by atoms with van der Waals surface area (Å²) in [5, 5.41) is 0.713. The number of hydrogen-bond donors (Lipinski definition) is 2. The molecule has 0 bridgehead atoms. The average molecular weight is 277 g/mol. The van der Waals surface area contributed by atoms with Crippen LogP contribution >= 0.6 is 11.6 Å². The summed E-state index contributed by atoms with van der Waals surface area (Å²) in [6.45, 7) is 2.01. The molecule has 3 nitrogen and oxygen atoms in total. The van der Waals surface area contributed by atoms with Crippen molar-refractivity contribution >= 4 is 11.6 Å². The van der Waals surface area contributed by atoms with Gasteiger partial charge in [-0.25, -0.2) is 5.43 Å². The Hall–Kier alpha value is -1.55. The van der Waals surface area contributed by atoms with Gasteiger partial charge >= 0.3 is 0 Å². The summed E-state index contributed by atoms with van der Waals surface area (Å²) in [5.74, 6) is 6.55. The first kappa shape index (κ1) is 13.9. The zero-order valence-corrected chi connectivity index (χ0v) is 11.7. The van der Waals surface area contributed by atoms with Crippen LogP contribution in [0.15, 0.2) is 42.5 Å². The van der Waals surface area contributed by atoms with E-state index < -0.39 is 0 Å². The minimum absolute atomic E-state index is 0.0677. The Morgan fingerprint density at radius 2 is 1.74 bits per heavy atom. The molecule has 4 heteroatoms. The summed E-state index contributed by atoms with van der Waals surface area (Å²) in [4.78, 5) is 0. The van der Waals surface area contributed by atoms with Gasteiger partial charge in [0.2, 0.25) is 0 Å². The molecule has 0 aromatic heterocycles. The lowest BCUT2D eigenvalue weighted by atomic mass is 9.97. The molecule has 2 aromatic rings. The molecule has 0 amide bonds. The van der Waals surface area contributed by atoms with Gasteiger partial charge in [-0.15, -0.1) is 0 Å². The van der Waals surface area contributed by atoms with Crippen molar-refractivity contribution in [2.45, 2.75) is 13.0 Å². The van der Waals surface area contributed by atoms with Crippen molar-refractivity contribution in [2.75, 3.05) is 7.11 Å². The van der Waals surface area contributed by atoms with Crippen LogP contribution in [0.25, 0.3) is 0 Å². The number of nitrogens with one attached hydrogen (secondary N) is 1. The number of ether oxygens (including phenoxy) is 1. The molecule has 2 rings (SSSR count). The molecule has 0 fully saturated rings. The quantitative estimate of drug-likeness (QED) is 0.666. The second-order valence-corrected chi connectivity index (χ2v) is 4.82. The summed E-state index contributed by atoms with van der Waals surface area (Å²) in [7, 11) is 1.67. The lowest BCUT2D eigenvalue weighted by Gasteiger charge is -2.18. The van der Waals surface area contributed by atoms with E-state index in [4.69, 9.17) is 22.2 Å². The first-order valence-corrected chi connectivity index (χ1v) is 6.39. The molecule has 100 valence electrons. The Morgan fingerprint density at radius 1 is 1.11 bits per heavy atom. The fraction of sp³-hybridized carbons (Fsp3) is 0.200. The van der Waals surface area contributed by atoms with Gasteiger partial charge in [0, 0.05) is 5.02 Å². The molecule has 0 saturated heterocycles. The van der Waals surface area contributed by atoms with Gasteiger partial charge in [-0.05, 0) is 41.8 Å². The van der Waals surface area contributed by atoms with Crippen LogP contribution in [-0.2, 0) is 0 Å². The third-order valence-corrected chi connectivity index (χ3v) is 3.37. The molecular formula is C15H17ClN2O. The van der Waals surface area contributed by atoms with Gasteiger partial charge in [-0.1, -0.05) is 35.9 Å². The number of aryl methyl sites for hydroxylation is 1. The van der Waals surface area contributed by atoms with Crippen LogP contribution in [0.5, 0.6) is 5.75 Å². The first-order valence-electron chi connectivity index (χ1n) is 6.02. The number of nitrogens with two attached hydrogens (primary N) is 1.